The van der Waals surface area contributed by atoms with Gasteiger partial charge in [0.2, 0.25) is 0 Å². The fourth-order valence-electron chi connectivity index (χ4n) is 0.519. The lowest BCUT2D eigenvalue weighted by atomic mass is 10.3. The van der Waals surface area contributed by atoms with Gasteiger partial charge in [0.15, 0.2) is 0 Å². The minimum absolute atomic E-state index is 0.188. The van der Waals surface area contributed by atoms with E-state index in [-0.39, 0.29) is 15.5 Å². The van der Waals surface area contributed by atoms with Crippen molar-refractivity contribution in [3.8, 4) is 0 Å². The van der Waals surface area contributed by atoms with Crippen LogP contribution in [0.2, 0.25) is 0 Å². The third-order valence-corrected chi connectivity index (χ3v) is 3.61. The zero-order valence-corrected chi connectivity index (χ0v) is 10.3. The van der Waals surface area contributed by atoms with Crippen molar-refractivity contribution in [2.45, 2.75) is 30.3 Å². The van der Waals surface area contributed by atoms with E-state index in [2.05, 4.69) is 41.4 Å². The summed E-state index contributed by atoms with van der Waals surface area (Å²) in [7, 11) is 1.40. The molecule has 0 aliphatic carbocycles. The Balaban J connectivity index is 3.72. The summed E-state index contributed by atoms with van der Waals surface area (Å²) in [6, 6.07) is 0. The van der Waals surface area contributed by atoms with Crippen LogP contribution in [0.25, 0.3) is 0 Å². The molecule has 0 aromatic rings. The van der Waals surface area contributed by atoms with Crippen molar-refractivity contribution in [2.75, 3.05) is 12.9 Å². The van der Waals surface area contributed by atoms with Gasteiger partial charge in [-0.1, -0.05) is 36.7 Å². The molecule has 0 aliphatic rings. The number of esters is 1. The van der Waals surface area contributed by atoms with Gasteiger partial charge in [-0.2, -0.15) is 11.8 Å². The number of halogens is 1. The predicted molar refractivity (Wildman–Crippen MR) is 56.9 cm³/mol. The van der Waals surface area contributed by atoms with Crippen LogP contribution >= 0.6 is 27.7 Å². The number of alkyl halides is 1. The second-order valence-corrected chi connectivity index (χ2v) is 6.37. The van der Waals surface area contributed by atoms with Gasteiger partial charge < -0.3 is 4.74 Å². The number of carbonyl (C=O) groups excluding carboxylic acids is 1. The molecule has 12 heavy (non-hydrogen) atoms. The summed E-state index contributed by atoms with van der Waals surface area (Å²) in [5.41, 5.74) is 0. The minimum atomic E-state index is -0.202. The lowest BCUT2D eigenvalue weighted by molar-refractivity contribution is -0.139. The Morgan fingerprint density at radius 1 is 1.58 bits per heavy atom. The van der Waals surface area contributed by atoms with Crippen LogP contribution in [0.3, 0.4) is 0 Å². The normalized spacial score (nSPS) is 14.1. The molecule has 72 valence electrons. The first-order chi connectivity index (χ1) is 5.37. The van der Waals surface area contributed by atoms with Crippen LogP contribution in [0.15, 0.2) is 0 Å². The lowest BCUT2D eigenvalue weighted by Crippen LogP contribution is -2.21. The zero-order valence-electron chi connectivity index (χ0n) is 7.89. The maximum Gasteiger partial charge on any atom is 0.320 e. The largest absolute Gasteiger partial charge is 0.468 e. The molecular weight excluding hydrogens is 240 g/mol. The van der Waals surface area contributed by atoms with Crippen molar-refractivity contribution >= 4 is 33.7 Å². The topological polar surface area (TPSA) is 26.3 Å². The number of hydrogen-bond acceptors (Lipinski definition) is 3. The highest BCUT2D eigenvalue weighted by Gasteiger charge is 2.19. The van der Waals surface area contributed by atoms with E-state index in [1.165, 1.54) is 7.11 Å². The van der Waals surface area contributed by atoms with Gasteiger partial charge in [-0.15, -0.1) is 0 Å². The van der Waals surface area contributed by atoms with Gasteiger partial charge in [0.1, 0.15) is 4.83 Å². The summed E-state index contributed by atoms with van der Waals surface area (Å²) >= 11 is 5.00. The molecule has 0 aromatic heterocycles. The van der Waals surface area contributed by atoms with Crippen LogP contribution in [0, 0.1) is 0 Å². The zero-order chi connectivity index (χ0) is 9.78. The maximum absolute atomic E-state index is 10.9. The van der Waals surface area contributed by atoms with E-state index in [0.29, 0.717) is 0 Å². The summed E-state index contributed by atoms with van der Waals surface area (Å²) in [6.45, 7) is 6.36. The van der Waals surface area contributed by atoms with Crippen molar-refractivity contribution in [1.82, 2.24) is 0 Å². The standard InChI is InChI=1S/C8H15BrO2S/c1-8(2,3)12-5-6(9)7(10)11-4/h6H,5H2,1-4H3. The molecule has 0 N–H and O–H groups in total. The second kappa shape index (κ2) is 5.12. The fourth-order valence-corrected chi connectivity index (χ4v) is 1.88. The summed E-state index contributed by atoms with van der Waals surface area (Å²) in [4.78, 5) is 10.8. The van der Waals surface area contributed by atoms with E-state index in [1.54, 1.807) is 11.8 Å². The van der Waals surface area contributed by atoms with E-state index in [4.69, 9.17) is 0 Å². The van der Waals surface area contributed by atoms with Crippen LogP contribution in [0.1, 0.15) is 20.8 Å². The number of ether oxygens (including phenoxy) is 1. The molecule has 0 saturated heterocycles. The molecule has 0 spiro atoms. The van der Waals surface area contributed by atoms with Crippen LogP contribution in [-0.2, 0) is 9.53 Å². The van der Waals surface area contributed by atoms with E-state index in [1.807, 2.05) is 0 Å². The van der Waals surface area contributed by atoms with Crippen molar-refractivity contribution in [2.24, 2.45) is 0 Å². The molecule has 0 rings (SSSR count). The molecule has 0 aromatic carbocycles. The molecule has 1 atom stereocenters. The molecule has 0 radical (unpaired) electrons. The first-order valence-electron chi connectivity index (χ1n) is 3.72. The van der Waals surface area contributed by atoms with Crippen molar-refractivity contribution in [3.05, 3.63) is 0 Å². The Bertz CT molecular complexity index is 154. The number of hydrogen-bond donors (Lipinski definition) is 0. The third-order valence-electron chi connectivity index (χ3n) is 1.12. The smallest absolute Gasteiger partial charge is 0.320 e. The Morgan fingerprint density at radius 2 is 2.08 bits per heavy atom. The van der Waals surface area contributed by atoms with Gasteiger partial charge in [0.25, 0.3) is 0 Å². The predicted octanol–water partition coefficient (Wildman–Crippen LogP) is 2.45. The Labute approximate surface area is 86.6 Å². The second-order valence-electron chi connectivity index (χ2n) is 3.41. The molecule has 0 saturated carbocycles. The molecule has 0 fully saturated rings. The van der Waals surface area contributed by atoms with Crippen molar-refractivity contribution in [3.63, 3.8) is 0 Å². The first kappa shape index (κ1) is 12.3. The fraction of sp³-hybridized carbons (Fsp3) is 0.875. The molecule has 1 unspecified atom stereocenters. The monoisotopic (exact) mass is 254 g/mol. The highest BCUT2D eigenvalue weighted by molar-refractivity contribution is 9.10. The van der Waals surface area contributed by atoms with Gasteiger partial charge in [-0.3, -0.25) is 4.79 Å². The Kier molecular flexibility index (Phi) is 5.25. The van der Waals surface area contributed by atoms with Crippen LogP contribution in [-0.4, -0.2) is 28.4 Å². The molecule has 0 heterocycles. The van der Waals surface area contributed by atoms with Gasteiger partial charge in [0.05, 0.1) is 7.11 Å². The molecule has 0 aliphatic heterocycles. The van der Waals surface area contributed by atoms with Crippen molar-refractivity contribution < 1.29 is 9.53 Å². The molecular formula is C8H15BrO2S. The van der Waals surface area contributed by atoms with Crippen LogP contribution in [0.4, 0.5) is 0 Å². The van der Waals surface area contributed by atoms with Crippen molar-refractivity contribution in [1.29, 1.82) is 0 Å². The molecule has 2 nitrogen and oxygen atoms in total. The SMILES string of the molecule is COC(=O)C(Br)CSC(C)(C)C. The molecule has 0 bridgehead atoms. The Morgan fingerprint density at radius 3 is 2.42 bits per heavy atom. The van der Waals surface area contributed by atoms with Gasteiger partial charge in [-0.25, -0.2) is 0 Å². The first-order valence-corrected chi connectivity index (χ1v) is 5.63. The highest BCUT2D eigenvalue weighted by Crippen LogP contribution is 2.25. The average Bonchev–Trinajstić information content (AvgIpc) is 1.97. The van der Waals surface area contributed by atoms with Gasteiger partial charge >= 0.3 is 5.97 Å². The lowest BCUT2D eigenvalue weighted by Gasteiger charge is -2.18. The summed E-state index contributed by atoms with van der Waals surface area (Å²) in [6.07, 6.45) is 0. The number of thioether (sulfide) groups is 1. The molecule has 4 heteroatoms. The summed E-state index contributed by atoms with van der Waals surface area (Å²) in [5, 5.41) is 0. The number of carbonyl (C=O) groups is 1. The Hall–Kier alpha value is 0.300. The quantitative estimate of drug-likeness (QED) is 0.572. The van der Waals surface area contributed by atoms with E-state index < -0.39 is 0 Å². The molecule has 0 amide bonds. The highest BCUT2D eigenvalue weighted by atomic mass is 79.9. The number of rotatable bonds is 3. The minimum Gasteiger partial charge on any atom is -0.468 e. The van der Waals surface area contributed by atoms with E-state index in [0.717, 1.165) is 5.75 Å². The van der Waals surface area contributed by atoms with Crippen LogP contribution < -0.4 is 0 Å². The third kappa shape index (κ3) is 5.89. The van der Waals surface area contributed by atoms with Gasteiger partial charge in [0, 0.05) is 10.5 Å². The van der Waals surface area contributed by atoms with Gasteiger partial charge in [-0.05, 0) is 0 Å². The van der Waals surface area contributed by atoms with E-state index in [9.17, 15) is 4.79 Å². The average molecular weight is 255 g/mol. The summed E-state index contributed by atoms with van der Waals surface area (Å²) in [5.74, 6) is 0.544. The van der Waals surface area contributed by atoms with Crippen LogP contribution in [0.5, 0.6) is 0 Å². The number of methoxy groups -OCH3 is 1. The van der Waals surface area contributed by atoms with E-state index >= 15 is 0 Å². The summed E-state index contributed by atoms with van der Waals surface area (Å²) < 4.78 is 4.77. The maximum atomic E-state index is 10.9.